The fraction of sp³-hybridized carbons (Fsp3) is 0.636. The molecule has 0 bridgehead atoms. The van der Waals surface area contributed by atoms with Crippen molar-refractivity contribution in [3.8, 4) is 0 Å². The van der Waals surface area contributed by atoms with Gasteiger partial charge in [0.2, 0.25) is 0 Å². The van der Waals surface area contributed by atoms with E-state index < -0.39 is 0 Å². The molecule has 0 unspecified atom stereocenters. The average molecular weight is 239 g/mol. The molecule has 0 saturated heterocycles. The zero-order valence-corrected chi connectivity index (χ0v) is 10.2. The first kappa shape index (κ1) is 13.7. The summed E-state index contributed by atoms with van der Waals surface area (Å²) in [5.74, 6) is 6.89. The number of unbranched alkanes of at least 4 members (excludes halogenated alkanes) is 2. The number of nitrogens with zero attached hydrogens (tertiary/aromatic N) is 2. The first-order valence-electron chi connectivity index (χ1n) is 5.98. The first-order chi connectivity index (χ1) is 8.33. The monoisotopic (exact) mass is 239 g/mol. The van der Waals surface area contributed by atoms with Gasteiger partial charge in [0.05, 0.1) is 0 Å². The highest BCUT2D eigenvalue weighted by Crippen LogP contribution is 2.19. The summed E-state index contributed by atoms with van der Waals surface area (Å²) in [7, 11) is 0. The maximum atomic E-state index is 8.67. The molecule has 17 heavy (non-hydrogen) atoms. The highest BCUT2D eigenvalue weighted by Gasteiger charge is 2.07. The van der Waals surface area contributed by atoms with Crippen LogP contribution < -0.4 is 16.6 Å². The summed E-state index contributed by atoms with van der Waals surface area (Å²) >= 11 is 0. The second kappa shape index (κ2) is 7.81. The van der Waals surface area contributed by atoms with Gasteiger partial charge in [0.1, 0.15) is 18.0 Å². The van der Waals surface area contributed by atoms with E-state index in [1.54, 1.807) is 0 Å². The normalized spacial score (nSPS) is 10.3. The molecule has 0 radical (unpaired) electrons. The summed E-state index contributed by atoms with van der Waals surface area (Å²) in [4.78, 5) is 8.27. The quantitative estimate of drug-likeness (QED) is 0.306. The minimum Gasteiger partial charge on any atom is -0.396 e. The Morgan fingerprint density at radius 3 is 2.65 bits per heavy atom. The summed E-state index contributed by atoms with van der Waals surface area (Å²) in [5, 5.41) is 11.9. The molecule has 0 atom stereocenters. The van der Waals surface area contributed by atoms with Crippen LogP contribution in [0.5, 0.6) is 0 Å². The van der Waals surface area contributed by atoms with Crippen LogP contribution in [0.1, 0.15) is 31.7 Å². The van der Waals surface area contributed by atoms with Crippen molar-refractivity contribution >= 4 is 11.6 Å². The van der Waals surface area contributed by atoms with Crippen LogP contribution in [-0.4, -0.2) is 28.2 Å². The molecule has 0 aliphatic rings. The van der Waals surface area contributed by atoms with Crippen LogP contribution >= 0.6 is 0 Å². The van der Waals surface area contributed by atoms with Crippen LogP contribution in [-0.2, 0) is 6.42 Å². The van der Waals surface area contributed by atoms with E-state index in [-0.39, 0.29) is 6.61 Å². The van der Waals surface area contributed by atoms with Gasteiger partial charge >= 0.3 is 0 Å². The van der Waals surface area contributed by atoms with Crippen molar-refractivity contribution in [2.75, 3.05) is 23.9 Å². The molecule has 0 saturated carbocycles. The Bertz CT molecular complexity index is 332. The minimum atomic E-state index is 0.259. The van der Waals surface area contributed by atoms with Crippen molar-refractivity contribution in [1.29, 1.82) is 0 Å². The summed E-state index contributed by atoms with van der Waals surface area (Å²) in [6, 6.07) is 0. The number of nitrogens with two attached hydrogens (primary N) is 1. The van der Waals surface area contributed by atoms with Crippen molar-refractivity contribution in [2.45, 2.75) is 32.6 Å². The highest BCUT2D eigenvalue weighted by molar-refractivity contribution is 5.56. The molecule has 6 nitrogen and oxygen atoms in total. The lowest BCUT2D eigenvalue weighted by Crippen LogP contribution is -2.14. The van der Waals surface area contributed by atoms with Crippen LogP contribution in [0, 0.1) is 0 Å². The second-order valence-electron chi connectivity index (χ2n) is 3.76. The topological polar surface area (TPSA) is 96.1 Å². The molecular weight excluding hydrogens is 218 g/mol. The van der Waals surface area contributed by atoms with Gasteiger partial charge in [0, 0.05) is 18.7 Å². The zero-order chi connectivity index (χ0) is 12.5. The first-order valence-corrected chi connectivity index (χ1v) is 5.98. The van der Waals surface area contributed by atoms with Crippen LogP contribution in [0.15, 0.2) is 6.33 Å². The smallest absolute Gasteiger partial charge is 0.148 e. The van der Waals surface area contributed by atoms with Gasteiger partial charge in [-0.2, -0.15) is 0 Å². The van der Waals surface area contributed by atoms with Gasteiger partial charge in [-0.1, -0.05) is 6.92 Å². The summed E-state index contributed by atoms with van der Waals surface area (Å²) in [5.41, 5.74) is 3.57. The molecule has 0 aliphatic carbocycles. The molecule has 0 aliphatic heterocycles. The largest absolute Gasteiger partial charge is 0.396 e. The van der Waals surface area contributed by atoms with E-state index in [1.807, 2.05) is 6.92 Å². The minimum absolute atomic E-state index is 0.259. The van der Waals surface area contributed by atoms with Gasteiger partial charge in [-0.05, 0) is 25.7 Å². The van der Waals surface area contributed by atoms with E-state index in [2.05, 4.69) is 20.7 Å². The van der Waals surface area contributed by atoms with E-state index in [1.165, 1.54) is 6.33 Å². The van der Waals surface area contributed by atoms with E-state index in [4.69, 9.17) is 10.9 Å². The number of anilines is 2. The molecule has 1 rings (SSSR count). The molecule has 1 heterocycles. The Morgan fingerprint density at radius 1 is 1.24 bits per heavy atom. The van der Waals surface area contributed by atoms with Crippen LogP contribution in [0.3, 0.4) is 0 Å². The summed E-state index contributed by atoms with van der Waals surface area (Å²) < 4.78 is 0. The van der Waals surface area contributed by atoms with E-state index >= 15 is 0 Å². The van der Waals surface area contributed by atoms with Gasteiger partial charge < -0.3 is 15.8 Å². The lowest BCUT2D eigenvalue weighted by molar-refractivity contribution is 0.283. The number of aliphatic hydroxyl groups excluding tert-OH is 1. The van der Waals surface area contributed by atoms with Crippen molar-refractivity contribution in [2.24, 2.45) is 5.84 Å². The third kappa shape index (κ3) is 4.16. The molecule has 1 aromatic rings. The maximum Gasteiger partial charge on any atom is 0.148 e. The van der Waals surface area contributed by atoms with E-state index in [0.717, 1.165) is 43.6 Å². The summed E-state index contributed by atoms with van der Waals surface area (Å²) in [6.07, 6.45) is 5.18. The molecule has 0 amide bonds. The predicted octanol–water partition coefficient (Wildman–Crippen LogP) is 0.899. The number of hydrogen-bond acceptors (Lipinski definition) is 6. The highest BCUT2D eigenvalue weighted by atomic mass is 16.2. The number of rotatable bonds is 8. The lowest BCUT2D eigenvalue weighted by Gasteiger charge is -2.12. The molecule has 0 spiro atoms. The zero-order valence-electron chi connectivity index (χ0n) is 10.2. The third-order valence-corrected chi connectivity index (χ3v) is 2.56. The number of hydrazine groups is 1. The molecular formula is C11H21N5O. The maximum absolute atomic E-state index is 8.67. The van der Waals surface area contributed by atoms with Gasteiger partial charge in [-0.15, -0.1) is 0 Å². The Kier molecular flexibility index (Phi) is 6.27. The fourth-order valence-corrected chi connectivity index (χ4v) is 1.64. The SMILES string of the molecule is CCc1c(NN)ncnc1NCCCCCO. The standard InChI is InChI=1S/C11H21N5O/c1-2-9-10(13-6-4-3-5-7-17)14-8-15-11(9)16-12/h8,17H,2-7,12H2,1H3,(H2,13,14,15,16). The van der Waals surface area contributed by atoms with Gasteiger partial charge in [-0.25, -0.2) is 15.8 Å². The fourth-order valence-electron chi connectivity index (χ4n) is 1.64. The van der Waals surface area contributed by atoms with Gasteiger partial charge in [0.15, 0.2) is 0 Å². The summed E-state index contributed by atoms with van der Waals surface area (Å²) in [6.45, 7) is 3.14. The average Bonchev–Trinajstić information content (AvgIpc) is 2.38. The lowest BCUT2D eigenvalue weighted by atomic mass is 10.2. The van der Waals surface area contributed by atoms with Crippen molar-refractivity contribution in [3.63, 3.8) is 0 Å². The molecule has 0 aromatic carbocycles. The van der Waals surface area contributed by atoms with Crippen molar-refractivity contribution < 1.29 is 5.11 Å². The number of nitrogens with one attached hydrogen (secondary N) is 2. The predicted molar refractivity (Wildman–Crippen MR) is 68.6 cm³/mol. The Morgan fingerprint density at radius 2 is 2.00 bits per heavy atom. The molecule has 96 valence electrons. The Labute approximate surface area is 102 Å². The third-order valence-electron chi connectivity index (χ3n) is 2.56. The van der Waals surface area contributed by atoms with Crippen molar-refractivity contribution in [1.82, 2.24) is 9.97 Å². The van der Waals surface area contributed by atoms with Crippen LogP contribution in [0.2, 0.25) is 0 Å². The molecule has 0 fully saturated rings. The Hall–Kier alpha value is -1.40. The van der Waals surface area contributed by atoms with Crippen LogP contribution in [0.25, 0.3) is 0 Å². The molecule has 1 aromatic heterocycles. The van der Waals surface area contributed by atoms with Crippen molar-refractivity contribution in [3.05, 3.63) is 11.9 Å². The molecule has 6 heteroatoms. The van der Waals surface area contributed by atoms with Gasteiger partial charge in [-0.3, -0.25) is 0 Å². The Balaban J connectivity index is 2.52. The molecule has 5 N–H and O–H groups in total. The van der Waals surface area contributed by atoms with E-state index in [0.29, 0.717) is 5.82 Å². The van der Waals surface area contributed by atoms with E-state index in [9.17, 15) is 0 Å². The number of aromatic nitrogens is 2. The van der Waals surface area contributed by atoms with Gasteiger partial charge in [0.25, 0.3) is 0 Å². The van der Waals surface area contributed by atoms with Crippen LogP contribution in [0.4, 0.5) is 11.6 Å². The number of hydrogen-bond donors (Lipinski definition) is 4. The second-order valence-corrected chi connectivity index (χ2v) is 3.76. The number of nitrogen functional groups attached to an aromatic ring is 1. The number of aliphatic hydroxyl groups is 1.